The molecule has 1 aromatic carbocycles. The Hall–Kier alpha value is -1.77. The number of piperidine rings is 1. The second-order valence-electron chi connectivity index (χ2n) is 5.75. The van der Waals surface area contributed by atoms with E-state index in [1.807, 2.05) is 36.9 Å². The number of amides is 1. The molecule has 1 fully saturated rings. The molecule has 0 aliphatic carbocycles. The second-order valence-corrected chi connectivity index (χ2v) is 5.75. The average molecular weight is 287 g/mol. The molecule has 1 amide bonds. The van der Waals surface area contributed by atoms with Crippen molar-refractivity contribution >= 4 is 5.91 Å². The number of carbonyl (C=O) groups excluding carboxylic acids is 1. The molecule has 3 heteroatoms. The summed E-state index contributed by atoms with van der Waals surface area (Å²) in [6, 6.07) is 6.00. The lowest BCUT2D eigenvalue weighted by Crippen LogP contribution is -2.44. The predicted octanol–water partition coefficient (Wildman–Crippen LogP) is 3.96. The first-order valence-corrected chi connectivity index (χ1v) is 7.67. The Morgan fingerprint density at radius 1 is 1.38 bits per heavy atom. The van der Waals surface area contributed by atoms with Crippen molar-refractivity contribution in [2.45, 2.75) is 46.1 Å². The van der Waals surface area contributed by atoms with E-state index in [4.69, 9.17) is 4.74 Å². The maximum Gasteiger partial charge on any atom is 0.258 e. The molecule has 3 nitrogen and oxygen atoms in total. The smallest absolute Gasteiger partial charge is 0.258 e. The van der Waals surface area contributed by atoms with Gasteiger partial charge in [-0.05, 0) is 57.7 Å². The molecular weight excluding hydrogens is 262 g/mol. The number of hydrogen-bond acceptors (Lipinski definition) is 2. The topological polar surface area (TPSA) is 29.5 Å². The summed E-state index contributed by atoms with van der Waals surface area (Å²) in [6.45, 7) is 6.98. The number of rotatable bonds is 3. The third kappa shape index (κ3) is 3.29. The number of carbonyl (C=O) groups is 1. The summed E-state index contributed by atoms with van der Waals surface area (Å²) in [7, 11) is 1.62. The second kappa shape index (κ2) is 6.79. The molecule has 1 saturated heterocycles. The van der Waals surface area contributed by atoms with E-state index in [2.05, 4.69) is 13.0 Å². The Bertz CT molecular complexity index is 548. The number of hydrogen-bond donors (Lipinski definition) is 0. The van der Waals surface area contributed by atoms with Gasteiger partial charge in [-0.1, -0.05) is 17.7 Å². The van der Waals surface area contributed by atoms with Gasteiger partial charge in [0.05, 0.1) is 18.7 Å². The summed E-state index contributed by atoms with van der Waals surface area (Å²) in [4.78, 5) is 14.9. The van der Waals surface area contributed by atoms with Gasteiger partial charge in [-0.2, -0.15) is 0 Å². The van der Waals surface area contributed by atoms with Crippen LogP contribution in [0.2, 0.25) is 0 Å². The van der Waals surface area contributed by atoms with Gasteiger partial charge in [-0.25, -0.2) is 0 Å². The maximum atomic E-state index is 12.9. The molecule has 1 unspecified atom stereocenters. The van der Waals surface area contributed by atoms with Crippen LogP contribution in [0.15, 0.2) is 29.8 Å². The Balaban J connectivity index is 2.33. The third-order valence-electron chi connectivity index (χ3n) is 4.33. The van der Waals surface area contributed by atoms with Crippen LogP contribution in [0, 0.1) is 6.92 Å². The lowest BCUT2D eigenvalue weighted by Gasteiger charge is -2.36. The largest absolute Gasteiger partial charge is 0.496 e. The minimum absolute atomic E-state index is 0.0813. The first-order valence-electron chi connectivity index (χ1n) is 7.67. The lowest BCUT2D eigenvalue weighted by atomic mass is 9.94. The van der Waals surface area contributed by atoms with E-state index < -0.39 is 0 Å². The average Bonchev–Trinajstić information content (AvgIpc) is 2.53. The van der Waals surface area contributed by atoms with Crippen LogP contribution in [0.1, 0.15) is 49.0 Å². The number of methoxy groups -OCH3 is 1. The lowest BCUT2D eigenvalue weighted by molar-refractivity contribution is 0.0649. The quantitative estimate of drug-likeness (QED) is 0.787. The van der Waals surface area contributed by atoms with Gasteiger partial charge >= 0.3 is 0 Å². The van der Waals surface area contributed by atoms with E-state index in [1.54, 1.807) is 7.11 Å². The van der Waals surface area contributed by atoms with Crippen LogP contribution in [-0.2, 0) is 0 Å². The molecule has 0 spiro atoms. The number of allylic oxidation sites excluding steroid dienone is 1. The molecule has 1 aliphatic heterocycles. The van der Waals surface area contributed by atoms with Gasteiger partial charge in [0.1, 0.15) is 5.75 Å². The minimum atomic E-state index is 0.0813. The van der Waals surface area contributed by atoms with Crippen LogP contribution in [0.5, 0.6) is 5.75 Å². The summed E-state index contributed by atoms with van der Waals surface area (Å²) in [6.07, 6.45) is 5.43. The van der Waals surface area contributed by atoms with Gasteiger partial charge in [-0.3, -0.25) is 4.79 Å². The molecule has 0 aromatic heterocycles. The van der Waals surface area contributed by atoms with E-state index >= 15 is 0 Å². The predicted molar refractivity (Wildman–Crippen MR) is 85.8 cm³/mol. The fourth-order valence-corrected chi connectivity index (χ4v) is 2.97. The summed E-state index contributed by atoms with van der Waals surface area (Å²) >= 11 is 0. The van der Waals surface area contributed by atoms with Crippen molar-refractivity contribution in [3.8, 4) is 5.75 Å². The molecule has 0 N–H and O–H groups in total. The van der Waals surface area contributed by atoms with E-state index in [1.165, 1.54) is 12.0 Å². The highest BCUT2D eigenvalue weighted by Gasteiger charge is 2.29. The molecule has 0 bridgehead atoms. The minimum Gasteiger partial charge on any atom is -0.496 e. The molecule has 21 heavy (non-hydrogen) atoms. The Labute approximate surface area is 127 Å². The van der Waals surface area contributed by atoms with Crippen molar-refractivity contribution in [3.63, 3.8) is 0 Å². The molecule has 1 aromatic rings. The van der Waals surface area contributed by atoms with Gasteiger partial charge in [0, 0.05) is 6.54 Å². The van der Waals surface area contributed by atoms with Crippen LogP contribution in [0.25, 0.3) is 0 Å². The van der Waals surface area contributed by atoms with E-state index in [0.717, 1.165) is 24.9 Å². The standard InChI is InChI=1S/C18H25NO2/c1-5-14(3)16-8-6-7-11-19(16)18(20)15-10-9-13(2)12-17(15)21-4/h5,9-10,12,16H,6-8,11H2,1-4H3. The Morgan fingerprint density at radius 3 is 2.81 bits per heavy atom. The van der Waals surface area contributed by atoms with Gasteiger partial charge in [0.25, 0.3) is 5.91 Å². The summed E-state index contributed by atoms with van der Waals surface area (Å²) in [5, 5.41) is 0. The van der Waals surface area contributed by atoms with E-state index in [-0.39, 0.29) is 11.9 Å². The fraction of sp³-hybridized carbons (Fsp3) is 0.500. The number of likely N-dealkylation sites (tertiary alicyclic amines) is 1. The normalized spacial score (nSPS) is 19.5. The molecule has 2 rings (SSSR count). The summed E-state index contributed by atoms with van der Waals surface area (Å²) in [5.41, 5.74) is 3.04. The number of aryl methyl sites for hydroxylation is 1. The monoisotopic (exact) mass is 287 g/mol. The Morgan fingerprint density at radius 2 is 2.14 bits per heavy atom. The van der Waals surface area contributed by atoms with Crippen molar-refractivity contribution in [3.05, 3.63) is 41.0 Å². The third-order valence-corrected chi connectivity index (χ3v) is 4.33. The van der Waals surface area contributed by atoms with Gasteiger partial charge in [0.2, 0.25) is 0 Å². The van der Waals surface area contributed by atoms with Crippen molar-refractivity contribution in [1.29, 1.82) is 0 Å². The first-order chi connectivity index (χ1) is 10.1. The van der Waals surface area contributed by atoms with Crippen molar-refractivity contribution in [1.82, 2.24) is 4.90 Å². The number of ether oxygens (including phenoxy) is 1. The zero-order chi connectivity index (χ0) is 15.4. The highest BCUT2D eigenvalue weighted by molar-refractivity contribution is 5.97. The molecule has 0 saturated carbocycles. The zero-order valence-corrected chi connectivity index (χ0v) is 13.5. The first kappa shape index (κ1) is 15.6. The van der Waals surface area contributed by atoms with Crippen molar-refractivity contribution in [2.75, 3.05) is 13.7 Å². The highest BCUT2D eigenvalue weighted by Crippen LogP contribution is 2.28. The van der Waals surface area contributed by atoms with Gasteiger partial charge < -0.3 is 9.64 Å². The molecular formula is C18H25NO2. The number of nitrogens with zero attached hydrogens (tertiary/aromatic N) is 1. The van der Waals surface area contributed by atoms with Gasteiger partial charge in [0.15, 0.2) is 0 Å². The van der Waals surface area contributed by atoms with Crippen LogP contribution in [0.4, 0.5) is 0 Å². The van der Waals surface area contributed by atoms with E-state index in [9.17, 15) is 4.79 Å². The van der Waals surface area contributed by atoms with Gasteiger partial charge in [-0.15, -0.1) is 0 Å². The molecule has 114 valence electrons. The van der Waals surface area contributed by atoms with Crippen LogP contribution >= 0.6 is 0 Å². The SMILES string of the molecule is CC=C(C)C1CCCCN1C(=O)c1ccc(C)cc1OC. The molecule has 0 radical (unpaired) electrons. The Kier molecular flexibility index (Phi) is 5.05. The number of benzene rings is 1. The van der Waals surface area contributed by atoms with Crippen LogP contribution in [-0.4, -0.2) is 30.5 Å². The maximum absolute atomic E-state index is 12.9. The molecule has 1 aliphatic rings. The molecule has 1 atom stereocenters. The van der Waals surface area contributed by atoms with Crippen LogP contribution in [0.3, 0.4) is 0 Å². The summed E-state index contributed by atoms with van der Waals surface area (Å²) < 4.78 is 5.40. The van der Waals surface area contributed by atoms with E-state index in [0.29, 0.717) is 11.3 Å². The van der Waals surface area contributed by atoms with Crippen molar-refractivity contribution < 1.29 is 9.53 Å². The highest BCUT2D eigenvalue weighted by atomic mass is 16.5. The summed E-state index contributed by atoms with van der Waals surface area (Å²) in [5.74, 6) is 0.750. The molecule has 1 heterocycles. The van der Waals surface area contributed by atoms with Crippen molar-refractivity contribution in [2.24, 2.45) is 0 Å². The fourth-order valence-electron chi connectivity index (χ4n) is 2.97. The zero-order valence-electron chi connectivity index (χ0n) is 13.5. The van der Waals surface area contributed by atoms with Crippen LogP contribution < -0.4 is 4.74 Å².